The summed E-state index contributed by atoms with van der Waals surface area (Å²) in [5.74, 6) is -0.662. The van der Waals surface area contributed by atoms with Crippen LogP contribution in [-0.2, 0) is 9.53 Å². The second-order valence-electron chi connectivity index (χ2n) is 3.73. The second kappa shape index (κ2) is 4.45. The highest BCUT2D eigenvalue weighted by Gasteiger charge is 2.24. The van der Waals surface area contributed by atoms with E-state index in [0.717, 1.165) is 0 Å². The first kappa shape index (κ1) is 9.52. The summed E-state index contributed by atoms with van der Waals surface area (Å²) >= 11 is 0. The van der Waals surface area contributed by atoms with Crippen LogP contribution in [0.5, 0.6) is 0 Å². The van der Waals surface area contributed by atoms with Gasteiger partial charge in [0.15, 0.2) is 0 Å². The van der Waals surface area contributed by atoms with Crippen LogP contribution in [0, 0.1) is 5.41 Å². The van der Waals surface area contributed by atoms with Gasteiger partial charge in [-0.1, -0.05) is 20.8 Å². The number of ether oxygens (including phenoxy) is 1. The Bertz CT molecular complexity index is 174. The first-order valence-corrected chi connectivity index (χ1v) is 4.07. The molecule has 0 aromatic carbocycles. The lowest BCUT2D eigenvalue weighted by Crippen LogP contribution is -2.29. The molecular weight excluding hydrogens is 156 g/mol. The van der Waals surface area contributed by atoms with Gasteiger partial charge >= 0.3 is 5.97 Å². The number of esters is 1. The molecule has 0 bridgehead atoms. The zero-order chi connectivity index (χ0) is 10.6. The lowest BCUT2D eigenvalue weighted by atomic mass is 9.87. The fourth-order valence-electron chi connectivity index (χ4n) is 0.569. The first-order chi connectivity index (χ1) is 5.80. The molecule has 0 spiro atoms. The van der Waals surface area contributed by atoms with E-state index in [9.17, 15) is 9.90 Å². The van der Waals surface area contributed by atoms with Crippen LogP contribution in [0.25, 0.3) is 0 Å². The summed E-state index contributed by atoms with van der Waals surface area (Å²) in [6.07, 6.45) is -2.20. The highest BCUT2D eigenvalue weighted by atomic mass is 16.5. The molecule has 72 valence electrons. The molecule has 0 heterocycles. The summed E-state index contributed by atoms with van der Waals surface area (Å²) < 4.78 is 12.1. The topological polar surface area (TPSA) is 46.5 Å². The molecule has 0 saturated heterocycles. The molecule has 0 aliphatic carbocycles. The Hall–Kier alpha value is -0.570. The van der Waals surface area contributed by atoms with Gasteiger partial charge in [0.2, 0.25) is 0 Å². The van der Waals surface area contributed by atoms with Gasteiger partial charge in [0.05, 0.1) is 19.1 Å². The summed E-state index contributed by atoms with van der Waals surface area (Å²) in [7, 11) is 0. The van der Waals surface area contributed by atoms with E-state index in [2.05, 4.69) is 4.74 Å². The summed E-state index contributed by atoms with van der Waals surface area (Å²) in [6.45, 7) is 7.24. The molecule has 3 nitrogen and oxygen atoms in total. The highest BCUT2D eigenvalue weighted by Crippen LogP contribution is 2.21. The van der Waals surface area contributed by atoms with Crippen molar-refractivity contribution >= 4 is 5.97 Å². The Kier molecular flexibility index (Phi) is 3.53. The Morgan fingerprint density at radius 2 is 2.17 bits per heavy atom. The first-order valence-electron chi connectivity index (χ1n) is 4.65. The van der Waals surface area contributed by atoms with E-state index >= 15 is 0 Å². The van der Waals surface area contributed by atoms with Gasteiger partial charge in [-0.25, -0.2) is 0 Å². The van der Waals surface area contributed by atoms with E-state index in [4.69, 9.17) is 1.37 Å². The summed E-state index contributed by atoms with van der Waals surface area (Å²) in [5.41, 5.74) is -0.473. The molecule has 0 aromatic heterocycles. The van der Waals surface area contributed by atoms with E-state index in [1.54, 1.807) is 27.7 Å². The summed E-state index contributed by atoms with van der Waals surface area (Å²) in [4.78, 5) is 11.1. The third kappa shape index (κ3) is 4.34. The minimum atomic E-state index is -1.21. The number of aliphatic hydroxyl groups excluding tert-OH is 1. The van der Waals surface area contributed by atoms with Crippen LogP contribution in [-0.4, -0.2) is 23.8 Å². The average molecular weight is 175 g/mol. The molecule has 12 heavy (non-hydrogen) atoms. The van der Waals surface area contributed by atoms with Gasteiger partial charge in [-0.3, -0.25) is 4.79 Å². The van der Waals surface area contributed by atoms with Crippen molar-refractivity contribution in [2.75, 3.05) is 6.61 Å². The zero-order valence-electron chi connectivity index (χ0n) is 9.13. The summed E-state index contributed by atoms with van der Waals surface area (Å²) in [6, 6.07) is 0. The molecule has 0 amide bonds. The number of carbonyl (C=O) groups is 1. The minimum Gasteiger partial charge on any atom is -0.466 e. The SMILES string of the molecule is [2H][C@@H](C(=O)OCC)[C@@H](O)C(C)(C)C. The fraction of sp³-hybridized carbons (Fsp3) is 0.889. The Morgan fingerprint density at radius 3 is 2.50 bits per heavy atom. The normalized spacial score (nSPS) is 17.9. The third-order valence-corrected chi connectivity index (χ3v) is 1.47. The molecule has 2 atom stereocenters. The van der Waals surface area contributed by atoms with Gasteiger partial charge in [0.1, 0.15) is 0 Å². The van der Waals surface area contributed by atoms with E-state index in [-0.39, 0.29) is 6.61 Å². The van der Waals surface area contributed by atoms with Crippen molar-refractivity contribution in [3.63, 3.8) is 0 Å². The van der Waals surface area contributed by atoms with Gasteiger partial charge in [0.25, 0.3) is 0 Å². The summed E-state index contributed by atoms with van der Waals surface area (Å²) in [5, 5.41) is 9.56. The molecule has 0 aliphatic heterocycles. The van der Waals surface area contributed by atoms with Crippen LogP contribution >= 0.6 is 0 Å². The second-order valence-corrected chi connectivity index (χ2v) is 3.73. The fourth-order valence-corrected chi connectivity index (χ4v) is 0.569. The van der Waals surface area contributed by atoms with Crippen molar-refractivity contribution < 1.29 is 16.0 Å². The monoisotopic (exact) mass is 175 g/mol. The smallest absolute Gasteiger partial charge is 0.308 e. The molecule has 0 radical (unpaired) electrons. The number of hydrogen-bond donors (Lipinski definition) is 1. The molecule has 0 saturated carbocycles. The molecule has 0 rings (SSSR count). The lowest BCUT2D eigenvalue weighted by Gasteiger charge is -2.24. The molecule has 0 aromatic rings. The zero-order valence-corrected chi connectivity index (χ0v) is 8.13. The Morgan fingerprint density at radius 1 is 1.67 bits per heavy atom. The van der Waals surface area contributed by atoms with Crippen molar-refractivity contribution in [3.05, 3.63) is 0 Å². The standard InChI is InChI=1S/C9H18O3/c1-5-12-8(11)6-7(10)9(2,3)4/h7,10H,5-6H2,1-4H3/t7-/m1/s1/i6D/t6-,7-. The highest BCUT2D eigenvalue weighted by molar-refractivity contribution is 5.70. The van der Waals surface area contributed by atoms with E-state index in [0.29, 0.717) is 0 Å². The quantitative estimate of drug-likeness (QED) is 0.658. The van der Waals surface area contributed by atoms with Gasteiger partial charge in [-0.15, -0.1) is 0 Å². The predicted molar refractivity (Wildman–Crippen MR) is 46.7 cm³/mol. The van der Waals surface area contributed by atoms with Gasteiger partial charge < -0.3 is 9.84 Å². The number of aliphatic hydroxyl groups is 1. The maximum Gasteiger partial charge on any atom is 0.308 e. The number of hydrogen-bond acceptors (Lipinski definition) is 3. The lowest BCUT2D eigenvalue weighted by molar-refractivity contribution is -0.147. The maximum absolute atomic E-state index is 11.1. The van der Waals surface area contributed by atoms with Gasteiger partial charge in [0, 0.05) is 1.37 Å². The molecule has 0 unspecified atom stereocenters. The van der Waals surface area contributed by atoms with E-state index in [1.807, 2.05) is 0 Å². The van der Waals surface area contributed by atoms with Crippen LogP contribution in [0.4, 0.5) is 0 Å². The van der Waals surface area contributed by atoms with Crippen LogP contribution in [0.15, 0.2) is 0 Å². The van der Waals surface area contributed by atoms with E-state index in [1.165, 1.54) is 0 Å². The van der Waals surface area contributed by atoms with Crippen LogP contribution < -0.4 is 0 Å². The van der Waals surface area contributed by atoms with Crippen molar-refractivity contribution in [3.8, 4) is 0 Å². The van der Waals surface area contributed by atoms with Crippen LogP contribution in [0.2, 0.25) is 0 Å². The van der Waals surface area contributed by atoms with Crippen LogP contribution in [0.3, 0.4) is 0 Å². The molecule has 0 fully saturated rings. The Balaban J connectivity index is 4.25. The molecule has 0 aliphatic rings. The van der Waals surface area contributed by atoms with E-state index < -0.39 is 23.9 Å². The van der Waals surface area contributed by atoms with Gasteiger partial charge in [-0.05, 0) is 12.3 Å². The predicted octanol–water partition coefficient (Wildman–Crippen LogP) is 1.35. The van der Waals surface area contributed by atoms with Crippen molar-refractivity contribution in [1.82, 2.24) is 0 Å². The van der Waals surface area contributed by atoms with Crippen molar-refractivity contribution in [2.24, 2.45) is 5.41 Å². The van der Waals surface area contributed by atoms with Crippen molar-refractivity contribution in [2.45, 2.75) is 40.2 Å². The van der Waals surface area contributed by atoms with Gasteiger partial charge in [-0.2, -0.15) is 0 Å². The minimum absolute atomic E-state index is 0.241. The van der Waals surface area contributed by atoms with Crippen LogP contribution in [0.1, 0.15) is 35.5 Å². The number of rotatable bonds is 3. The van der Waals surface area contributed by atoms with Crippen molar-refractivity contribution in [1.29, 1.82) is 0 Å². The maximum atomic E-state index is 11.1. The third-order valence-electron chi connectivity index (χ3n) is 1.47. The Labute approximate surface area is 75.1 Å². The molecular formula is C9H18O3. The average Bonchev–Trinajstić information content (AvgIpc) is 2.00. The molecule has 1 N–H and O–H groups in total. The molecule has 3 heteroatoms. The number of carbonyl (C=O) groups excluding carboxylic acids is 1. The largest absolute Gasteiger partial charge is 0.466 e.